The lowest BCUT2D eigenvalue weighted by Gasteiger charge is -2.41. The molecular formula is C14H29NOS. The van der Waals surface area contributed by atoms with Gasteiger partial charge in [-0.05, 0) is 31.7 Å². The van der Waals surface area contributed by atoms with E-state index in [0.29, 0.717) is 5.25 Å². The Bertz CT molecular complexity index is 218. The van der Waals surface area contributed by atoms with Crippen molar-refractivity contribution in [2.75, 3.05) is 13.2 Å². The van der Waals surface area contributed by atoms with Crippen LogP contribution >= 0.6 is 11.8 Å². The average Bonchev–Trinajstić information content (AvgIpc) is 2.29. The first-order valence-corrected chi connectivity index (χ1v) is 7.98. The van der Waals surface area contributed by atoms with Gasteiger partial charge >= 0.3 is 0 Å². The Morgan fingerprint density at radius 1 is 1.41 bits per heavy atom. The number of hydrogen-bond donors (Lipinski definition) is 2. The minimum absolute atomic E-state index is 0.00136. The zero-order valence-electron chi connectivity index (χ0n) is 11.8. The van der Waals surface area contributed by atoms with Gasteiger partial charge in [0.2, 0.25) is 0 Å². The van der Waals surface area contributed by atoms with Crippen LogP contribution in [0.5, 0.6) is 0 Å². The van der Waals surface area contributed by atoms with Gasteiger partial charge < -0.3 is 10.4 Å². The summed E-state index contributed by atoms with van der Waals surface area (Å²) in [7, 11) is 0. The van der Waals surface area contributed by atoms with Gasteiger partial charge in [-0.15, -0.1) is 0 Å². The fraction of sp³-hybridized carbons (Fsp3) is 1.00. The lowest BCUT2D eigenvalue weighted by molar-refractivity contribution is 0.125. The predicted octanol–water partition coefficient (Wildman–Crippen LogP) is 3.05. The summed E-state index contributed by atoms with van der Waals surface area (Å²) < 4.78 is 0. The maximum absolute atomic E-state index is 9.66. The van der Waals surface area contributed by atoms with Crippen molar-refractivity contribution in [3.63, 3.8) is 0 Å². The summed E-state index contributed by atoms with van der Waals surface area (Å²) in [6.07, 6.45) is 4.81. The van der Waals surface area contributed by atoms with Gasteiger partial charge in [0.15, 0.2) is 0 Å². The van der Waals surface area contributed by atoms with Crippen molar-refractivity contribution < 1.29 is 5.11 Å². The van der Waals surface area contributed by atoms with Crippen LogP contribution in [-0.2, 0) is 0 Å². The Kier molecular flexibility index (Phi) is 6.32. The number of aliphatic hydroxyl groups is 1. The summed E-state index contributed by atoms with van der Waals surface area (Å²) in [4.78, 5) is 0. The summed E-state index contributed by atoms with van der Waals surface area (Å²) in [5.74, 6) is 0.740. The highest BCUT2D eigenvalue weighted by Gasteiger charge is 2.35. The quantitative estimate of drug-likeness (QED) is 0.769. The van der Waals surface area contributed by atoms with Gasteiger partial charge in [0.1, 0.15) is 0 Å². The van der Waals surface area contributed by atoms with E-state index in [1.165, 1.54) is 12.8 Å². The molecule has 0 heterocycles. The predicted molar refractivity (Wildman–Crippen MR) is 77.6 cm³/mol. The molecule has 0 aromatic rings. The van der Waals surface area contributed by atoms with E-state index in [4.69, 9.17) is 0 Å². The van der Waals surface area contributed by atoms with Crippen molar-refractivity contribution in [1.29, 1.82) is 0 Å². The van der Waals surface area contributed by atoms with Gasteiger partial charge in [0.05, 0.1) is 6.61 Å². The molecule has 1 aliphatic carbocycles. The maximum Gasteiger partial charge on any atom is 0.0613 e. The molecule has 0 radical (unpaired) electrons. The molecule has 3 atom stereocenters. The molecule has 1 saturated carbocycles. The Morgan fingerprint density at radius 2 is 2.12 bits per heavy atom. The van der Waals surface area contributed by atoms with Crippen molar-refractivity contribution >= 4 is 11.8 Å². The van der Waals surface area contributed by atoms with E-state index >= 15 is 0 Å². The van der Waals surface area contributed by atoms with Crippen LogP contribution in [0.25, 0.3) is 0 Å². The molecule has 0 spiro atoms. The minimum atomic E-state index is 0.00136. The molecule has 0 aromatic heterocycles. The van der Waals surface area contributed by atoms with E-state index in [-0.39, 0.29) is 12.1 Å². The highest BCUT2D eigenvalue weighted by atomic mass is 32.2. The largest absolute Gasteiger partial charge is 0.394 e. The normalized spacial score (nSPS) is 31.8. The van der Waals surface area contributed by atoms with Crippen LogP contribution in [0.3, 0.4) is 0 Å². The van der Waals surface area contributed by atoms with E-state index in [1.54, 1.807) is 0 Å². The number of thioether (sulfide) groups is 1. The van der Waals surface area contributed by atoms with Gasteiger partial charge in [-0.2, -0.15) is 11.8 Å². The molecule has 0 amide bonds. The second kappa shape index (κ2) is 7.01. The molecule has 0 bridgehead atoms. The second-order valence-electron chi connectivity index (χ2n) is 5.77. The molecular weight excluding hydrogens is 230 g/mol. The van der Waals surface area contributed by atoms with Gasteiger partial charge in [-0.25, -0.2) is 0 Å². The molecule has 2 nitrogen and oxygen atoms in total. The summed E-state index contributed by atoms with van der Waals surface area (Å²) in [5.41, 5.74) is 0.00136. The van der Waals surface area contributed by atoms with Crippen molar-refractivity contribution in [2.45, 2.75) is 69.4 Å². The van der Waals surface area contributed by atoms with E-state index < -0.39 is 0 Å². The third kappa shape index (κ3) is 4.46. The molecule has 102 valence electrons. The van der Waals surface area contributed by atoms with Crippen molar-refractivity contribution in [2.24, 2.45) is 5.92 Å². The Balaban J connectivity index is 2.52. The van der Waals surface area contributed by atoms with E-state index in [2.05, 4.69) is 44.8 Å². The first kappa shape index (κ1) is 15.3. The molecule has 2 N–H and O–H groups in total. The lowest BCUT2D eigenvalue weighted by Crippen LogP contribution is -2.52. The Morgan fingerprint density at radius 3 is 2.65 bits per heavy atom. The summed E-state index contributed by atoms with van der Waals surface area (Å²) >= 11 is 2.12. The maximum atomic E-state index is 9.66. The molecule has 0 saturated heterocycles. The van der Waals surface area contributed by atoms with Crippen LogP contribution in [0, 0.1) is 5.92 Å². The van der Waals surface area contributed by atoms with Crippen LogP contribution in [0.2, 0.25) is 0 Å². The van der Waals surface area contributed by atoms with Gasteiger partial charge in [-0.1, -0.05) is 34.1 Å². The number of rotatable bonds is 6. The fourth-order valence-corrected chi connectivity index (χ4v) is 4.26. The minimum Gasteiger partial charge on any atom is -0.394 e. The molecule has 0 aliphatic heterocycles. The van der Waals surface area contributed by atoms with Crippen LogP contribution < -0.4 is 5.32 Å². The van der Waals surface area contributed by atoms with Crippen LogP contribution in [0.1, 0.15) is 53.4 Å². The first-order chi connectivity index (χ1) is 8.03. The molecule has 1 aliphatic rings. The van der Waals surface area contributed by atoms with Gasteiger partial charge in [-0.3, -0.25) is 0 Å². The number of likely N-dealkylation sites (N-methyl/N-ethyl adjacent to an activating group) is 1. The first-order valence-electron chi connectivity index (χ1n) is 7.04. The average molecular weight is 259 g/mol. The van der Waals surface area contributed by atoms with Crippen LogP contribution in [-0.4, -0.2) is 34.3 Å². The summed E-state index contributed by atoms with van der Waals surface area (Å²) in [6, 6.07) is 0. The van der Waals surface area contributed by atoms with E-state index in [1.807, 2.05) is 0 Å². The zero-order valence-corrected chi connectivity index (χ0v) is 12.6. The van der Waals surface area contributed by atoms with E-state index in [0.717, 1.165) is 30.6 Å². The second-order valence-corrected chi connectivity index (χ2v) is 7.45. The zero-order chi connectivity index (χ0) is 12.9. The van der Waals surface area contributed by atoms with Crippen LogP contribution in [0.4, 0.5) is 0 Å². The van der Waals surface area contributed by atoms with Crippen molar-refractivity contribution in [3.05, 3.63) is 0 Å². The monoisotopic (exact) mass is 259 g/mol. The SMILES string of the molecule is CCNC1(CO)CCCC(SC(C)C(C)C)C1. The van der Waals surface area contributed by atoms with Gasteiger partial charge in [0, 0.05) is 16.0 Å². The standard InChI is InChI=1S/C14H29NOS/c1-5-15-14(10-16)8-6-7-13(9-14)17-12(4)11(2)3/h11-13,15-16H,5-10H2,1-4H3. The highest BCUT2D eigenvalue weighted by molar-refractivity contribution is 8.00. The molecule has 0 aromatic carbocycles. The fourth-order valence-electron chi connectivity index (χ4n) is 2.62. The number of aliphatic hydroxyl groups excluding tert-OH is 1. The highest BCUT2D eigenvalue weighted by Crippen LogP contribution is 2.37. The molecule has 17 heavy (non-hydrogen) atoms. The third-order valence-electron chi connectivity index (χ3n) is 4.00. The van der Waals surface area contributed by atoms with Crippen molar-refractivity contribution in [3.8, 4) is 0 Å². The van der Waals surface area contributed by atoms with Gasteiger partial charge in [0.25, 0.3) is 0 Å². The molecule has 3 unspecified atom stereocenters. The van der Waals surface area contributed by atoms with E-state index in [9.17, 15) is 5.11 Å². The number of hydrogen-bond acceptors (Lipinski definition) is 3. The smallest absolute Gasteiger partial charge is 0.0613 e. The molecule has 3 heteroatoms. The lowest BCUT2D eigenvalue weighted by atomic mass is 9.82. The summed E-state index contributed by atoms with van der Waals surface area (Å²) in [5, 5.41) is 14.6. The topological polar surface area (TPSA) is 32.3 Å². The third-order valence-corrected chi connectivity index (χ3v) is 5.76. The summed E-state index contributed by atoms with van der Waals surface area (Å²) in [6.45, 7) is 10.3. The Labute approximate surface area is 111 Å². The van der Waals surface area contributed by atoms with Crippen molar-refractivity contribution in [1.82, 2.24) is 5.32 Å². The van der Waals surface area contributed by atoms with Crippen LogP contribution in [0.15, 0.2) is 0 Å². The molecule has 1 rings (SSSR count). The Hall–Kier alpha value is 0.270. The number of nitrogens with one attached hydrogen (secondary N) is 1. The molecule has 1 fully saturated rings.